The predicted molar refractivity (Wildman–Crippen MR) is 114 cm³/mol. The molecule has 3 heterocycles. The molecule has 0 saturated carbocycles. The van der Waals surface area contributed by atoms with Gasteiger partial charge in [-0.25, -0.2) is 19.3 Å². The first kappa shape index (κ1) is 18.4. The van der Waals surface area contributed by atoms with Crippen LogP contribution in [0, 0.1) is 5.82 Å². The van der Waals surface area contributed by atoms with E-state index in [2.05, 4.69) is 24.8 Å². The van der Waals surface area contributed by atoms with E-state index in [0.29, 0.717) is 0 Å². The summed E-state index contributed by atoms with van der Waals surface area (Å²) in [5.41, 5.74) is 3.55. The molecule has 1 fully saturated rings. The minimum absolute atomic E-state index is 0.215. The van der Waals surface area contributed by atoms with Crippen molar-refractivity contribution in [2.45, 2.75) is 0 Å². The van der Waals surface area contributed by atoms with E-state index in [1.165, 1.54) is 12.1 Å². The summed E-state index contributed by atoms with van der Waals surface area (Å²) in [6, 6.07) is 14.4. The molecule has 0 amide bonds. The molecular weight excluding hydrogens is 383 g/mol. The zero-order valence-electron chi connectivity index (χ0n) is 16.6. The summed E-state index contributed by atoms with van der Waals surface area (Å²) in [6.45, 7) is 3.27. The van der Waals surface area contributed by atoms with Crippen LogP contribution in [0.25, 0.3) is 16.9 Å². The van der Waals surface area contributed by atoms with E-state index < -0.39 is 0 Å². The first-order valence-electron chi connectivity index (χ1n) is 9.81. The second kappa shape index (κ2) is 7.62. The van der Waals surface area contributed by atoms with Crippen LogP contribution in [0.15, 0.2) is 61.2 Å². The molecule has 0 N–H and O–H groups in total. The lowest BCUT2D eigenvalue weighted by Crippen LogP contribution is -2.47. The highest BCUT2D eigenvalue weighted by Crippen LogP contribution is 2.26. The SMILES string of the molecule is COc1ccc(-n2cnc3c(N4CCN(c5ccc(F)cc5)CC4)ncnc32)cc1. The van der Waals surface area contributed by atoms with Gasteiger partial charge in [0.2, 0.25) is 0 Å². The number of benzene rings is 2. The topological polar surface area (TPSA) is 59.3 Å². The molecule has 1 aliphatic heterocycles. The molecule has 8 heteroatoms. The molecule has 1 aliphatic rings. The molecular formula is C22H21FN6O. The molecule has 2 aromatic carbocycles. The predicted octanol–water partition coefficient (Wildman–Crippen LogP) is 3.29. The largest absolute Gasteiger partial charge is 0.497 e. The molecule has 30 heavy (non-hydrogen) atoms. The van der Waals surface area contributed by atoms with Crippen LogP contribution >= 0.6 is 0 Å². The van der Waals surface area contributed by atoms with Gasteiger partial charge < -0.3 is 14.5 Å². The molecule has 0 radical (unpaired) electrons. The second-order valence-electron chi connectivity index (χ2n) is 7.13. The maximum atomic E-state index is 13.2. The number of imidazole rings is 1. The van der Waals surface area contributed by atoms with Gasteiger partial charge in [0.15, 0.2) is 17.0 Å². The Morgan fingerprint density at radius 1 is 0.800 bits per heavy atom. The highest BCUT2D eigenvalue weighted by atomic mass is 19.1. The molecule has 1 saturated heterocycles. The number of nitrogens with zero attached hydrogens (tertiary/aromatic N) is 6. The smallest absolute Gasteiger partial charge is 0.170 e. The van der Waals surface area contributed by atoms with Crippen molar-refractivity contribution in [1.82, 2.24) is 19.5 Å². The minimum atomic E-state index is -0.215. The van der Waals surface area contributed by atoms with Gasteiger partial charge in [0.25, 0.3) is 0 Å². The van der Waals surface area contributed by atoms with Crippen LogP contribution in [-0.4, -0.2) is 52.8 Å². The van der Waals surface area contributed by atoms with E-state index in [4.69, 9.17) is 4.74 Å². The van der Waals surface area contributed by atoms with Crippen molar-refractivity contribution < 1.29 is 9.13 Å². The molecule has 0 unspecified atom stereocenters. The average Bonchev–Trinajstić information content (AvgIpc) is 3.24. The molecule has 4 aromatic rings. The first-order valence-corrected chi connectivity index (χ1v) is 9.81. The van der Waals surface area contributed by atoms with Gasteiger partial charge in [0.1, 0.15) is 24.2 Å². The van der Waals surface area contributed by atoms with E-state index in [-0.39, 0.29) is 5.82 Å². The maximum Gasteiger partial charge on any atom is 0.170 e. The maximum absolute atomic E-state index is 13.2. The molecule has 152 valence electrons. The molecule has 5 rings (SSSR count). The van der Waals surface area contributed by atoms with Crippen LogP contribution < -0.4 is 14.5 Å². The average molecular weight is 404 g/mol. The Kier molecular flexibility index (Phi) is 4.66. The van der Waals surface area contributed by atoms with E-state index in [0.717, 1.165) is 60.3 Å². The summed E-state index contributed by atoms with van der Waals surface area (Å²) in [5, 5.41) is 0. The number of fused-ring (bicyclic) bond motifs is 1. The number of methoxy groups -OCH3 is 1. The number of hydrogen-bond donors (Lipinski definition) is 0. The lowest BCUT2D eigenvalue weighted by Gasteiger charge is -2.36. The van der Waals surface area contributed by atoms with Gasteiger partial charge in [-0.05, 0) is 48.5 Å². The zero-order chi connectivity index (χ0) is 20.5. The summed E-state index contributed by atoms with van der Waals surface area (Å²) >= 11 is 0. The van der Waals surface area contributed by atoms with Crippen LogP contribution in [0.2, 0.25) is 0 Å². The Morgan fingerprint density at radius 2 is 1.47 bits per heavy atom. The fraction of sp³-hybridized carbons (Fsp3) is 0.227. The van der Waals surface area contributed by atoms with Crippen molar-refractivity contribution in [3.8, 4) is 11.4 Å². The Bertz CT molecular complexity index is 1150. The van der Waals surface area contributed by atoms with Crippen LogP contribution in [0.5, 0.6) is 5.75 Å². The Labute approximate surface area is 173 Å². The van der Waals surface area contributed by atoms with Crippen molar-refractivity contribution in [1.29, 1.82) is 0 Å². The third-order valence-corrected chi connectivity index (χ3v) is 5.44. The quantitative estimate of drug-likeness (QED) is 0.520. The lowest BCUT2D eigenvalue weighted by molar-refractivity contribution is 0.415. The van der Waals surface area contributed by atoms with Gasteiger partial charge in [-0.2, -0.15) is 0 Å². The number of hydrogen-bond acceptors (Lipinski definition) is 6. The fourth-order valence-electron chi connectivity index (χ4n) is 3.81. The molecule has 0 aliphatic carbocycles. The number of piperazine rings is 1. The third-order valence-electron chi connectivity index (χ3n) is 5.44. The van der Waals surface area contributed by atoms with Gasteiger partial charge in [0, 0.05) is 37.6 Å². The molecule has 0 atom stereocenters. The van der Waals surface area contributed by atoms with Crippen molar-refractivity contribution in [2.24, 2.45) is 0 Å². The van der Waals surface area contributed by atoms with Crippen LogP contribution in [0.3, 0.4) is 0 Å². The van der Waals surface area contributed by atoms with Crippen molar-refractivity contribution in [2.75, 3.05) is 43.1 Å². The molecule has 2 aromatic heterocycles. The molecule has 0 spiro atoms. The Hall–Kier alpha value is -3.68. The van der Waals surface area contributed by atoms with Crippen LogP contribution in [0.4, 0.5) is 15.9 Å². The van der Waals surface area contributed by atoms with Crippen LogP contribution in [0.1, 0.15) is 0 Å². The number of ether oxygens (including phenoxy) is 1. The van der Waals surface area contributed by atoms with E-state index in [1.807, 2.05) is 41.0 Å². The monoisotopic (exact) mass is 404 g/mol. The summed E-state index contributed by atoms with van der Waals surface area (Å²) in [4.78, 5) is 18.1. The standard InChI is InChI=1S/C22H21FN6O/c1-30-19-8-6-18(7-9-19)29-15-26-20-21(24-14-25-22(20)29)28-12-10-27(11-13-28)17-4-2-16(23)3-5-17/h2-9,14-15H,10-13H2,1H3. The first-order chi connectivity index (χ1) is 14.7. The zero-order valence-corrected chi connectivity index (χ0v) is 16.6. The highest BCUT2D eigenvalue weighted by Gasteiger charge is 2.22. The summed E-state index contributed by atoms with van der Waals surface area (Å²) in [7, 11) is 1.65. The second-order valence-corrected chi connectivity index (χ2v) is 7.13. The third kappa shape index (κ3) is 3.30. The van der Waals surface area contributed by atoms with Gasteiger partial charge in [-0.15, -0.1) is 0 Å². The fourth-order valence-corrected chi connectivity index (χ4v) is 3.81. The van der Waals surface area contributed by atoms with E-state index in [1.54, 1.807) is 19.8 Å². The van der Waals surface area contributed by atoms with Gasteiger partial charge in [0.05, 0.1) is 7.11 Å². The van der Waals surface area contributed by atoms with E-state index in [9.17, 15) is 4.39 Å². The lowest BCUT2D eigenvalue weighted by atomic mass is 10.2. The number of anilines is 2. The number of halogens is 1. The van der Waals surface area contributed by atoms with Crippen molar-refractivity contribution >= 4 is 22.7 Å². The van der Waals surface area contributed by atoms with Crippen molar-refractivity contribution in [3.63, 3.8) is 0 Å². The molecule has 0 bridgehead atoms. The van der Waals surface area contributed by atoms with Crippen molar-refractivity contribution in [3.05, 3.63) is 67.0 Å². The highest BCUT2D eigenvalue weighted by molar-refractivity contribution is 5.84. The summed E-state index contributed by atoms with van der Waals surface area (Å²) < 4.78 is 20.4. The Morgan fingerprint density at radius 3 is 2.17 bits per heavy atom. The normalized spacial score (nSPS) is 14.3. The Balaban J connectivity index is 1.39. The number of rotatable bonds is 4. The van der Waals surface area contributed by atoms with Gasteiger partial charge >= 0.3 is 0 Å². The number of aromatic nitrogens is 4. The minimum Gasteiger partial charge on any atom is -0.497 e. The molecule has 7 nitrogen and oxygen atoms in total. The van der Waals surface area contributed by atoms with E-state index >= 15 is 0 Å². The summed E-state index contributed by atoms with van der Waals surface area (Å²) in [6.07, 6.45) is 3.37. The van der Waals surface area contributed by atoms with Gasteiger partial charge in [-0.3, -0.25) is 4.57 Å². The summed E-state index contributed by atoms with van der Waals surface area (Å²) in [5.74, 6) is 1.43. The van der Waals surface area contributed by atoms with Gasteiger partial charge in [-0.1, -0.05) is 0 Å². The van der Waals surface area contributed by atoms with Crippen LogP contribution in [-0.2, 0) is 0 Å².